The molecule has 0 radical (unpaired) electrons. The van der Waals surface area contributed by atoms with Crippen molar-refractivity contribution >= 4 is 34.8 Å². The Morgan fingerprint density at radius 2 is 1.25 bits per heavy atom. The first-order chi connectivity index (χ1) is 26.5. The molecular formula is C41H46N8O6. The number of hydrogen-bond acceptors (Lipinski definition) is 8. The monoisotopic (exact) mass is 746 g/mol. The Morgan fingerprint density at radius 1 is 0.745 bits per heavy atom. The van der Waals surface area contributed by atoms with Gasteiger partial charge in [-0.1, -0.05) is 62.4 Å². The number of aromatic amines is 2. The van der Waals surface area contributed by atoms with Crippen LogP contribution in [0.15, 0.2) is 73.1 Å². The van der Waals surface area contributed by atoms with Crippen molar-refractivity contribution in [3.63, 3.8) is 0 Å². The van der Waals surface area contributed by atoms with Gasteiger partial charge in [0.25, 0.3) is 5.91 Å². The summed E-state index contributed by atoms with van der Waals surface area (Å²) in [5.41, 5.74) is 11.0. The van der Waals surface area contributed by atoms with E-state index >= 15 is 0 Å². The quantitative estimate of drug-likeness (QED) is 0.125. The molecule has 0 aliphatic carbocycles. The fourth-order valence-corrected chi connectivity index (χ4v) is 7.71. The summed E-state index contributed by atoms with van der Waals surface area (Å²) in [5, 5.41) is 4.87. The number of methoxy groups -OCH3 is 1. The highest BCUT2D eigenvalue weighted by Crippen LogP contribution is 2.35. The molecule has 7 rings (SSSR count). The number of alkyl carbamates (subject to hydrolysis) is 1. The van der Waals surface area contributed by atoms with Crippen LogP contribution in [0.2, 0.25) is 0 Å². The minimum absolute atomic E-state index is 0.104. The summed E-state index contributed by atoms with van der Waals surface area (Å²) >= 11 is 0. The number of benzene rings is 3. The van der Waals surface area contributed by atoms with Crippen LogP contribution < -0.4 is 11.1 Å². The second-order valence-electron chi connectivity index (χ2n) is 14.5. The Hall–Kier alpha value is -6.18. The zero-order valence-electron chi connectivity index (χ0n) is 31.4. The van der Waals surface area contributed by atoms with Gasteiger partial charge in [0.1, 0.15) is 17.7 Å². The summed E-state index contributed by atoms with van der Waals surface area (Å²) in [6, 6.07) is 19.8. The molecule has 5 N–H and O–H groups in total. The standard InChI is InChI=1S/C41H46N8O6/c1-23(2)35(47-41(53)54-4)39(51)49-18-6-8-34(49)37-43-21-31(45-37)26-11-9-25(10-12-26)27-13-14-29-20-30(16-15-28(29)19-27)32-22-44-36(46-32)33-7-5-17-48(33)38(50)24(3)55-40(42)52/h9-16,19-24,33-35H,5-8,17-18H2,1-4H3,(H2,42,52)(H,43,45)(H,44,46)(H,47,53)/t24?,33-,34?,35-/m0/s1. The Morgan fingerprint density at radius 3 is 1.82 bits per heavy atom. The molecule has 2 saturated heterocycles. The van der Waals surface area contributed by atoms with Crippen LogP contribution in [0.4, 0.5) is 9.59 Å². The first-order valence-corrected chi connectivity index (χ1v) is 18.7. The first-order valence-electron chi connectivity index (χ1n) is 18.7. The van der Waals surface area contributed by atoms with Crippen molar-refractivity contribution in [3.8, 4) is 33.6 Å². The number of primary amides is 1. The molecule has 0 bridgehead atoms. The molecule has 4 amide bonds. The first kappa shape index (κ1) is 37.1. The zero-order valence-corrected chi connectivity index (χ0v) is 31.4. The summed E-state index contributed by atoms with van der Waals surface area (Å²) in [6.45, 7) is 6.47. The van der Waals surface area contributed by atoms with Crippen molar-refractivity contribution < 1.29 is 28.7 Å². The highest BCUT2D eigenvalue weighted by molar-refractivity contribution is 5.91. The molecule has 2 aliphatic rings. The Balaban J connectivity index is 1.03. The topological polar surface area (TPSA) is 189 Å². The fraction of sp³-hybridized carbons (Fsp3) is 0.366. The number of amides is 4. The lowest BCUT2D eigenvalue weighted by Gasteiger charge is -2.30. The molecule has 2 aromatic heterocycles. The predicted octanol–water partition coefficient (Wildman–Crippen LogP) is 6.48. The van der Waals surface area contributed by atoms with Crippen LogP contribution >= 0.6 is 0 Å². The van der Waals surface area contributed by atoms with E-state index in [1.807, 2.05) is 18.7 Å². The van der Waals surface area contributed by atoms with Gasteiger partial charge in [0.15, 0.2) is 6.10 Å². The lowest BCUT2D eigenvalue weighted by Crippen LogP contribution is -2.51. The van der Waals surface area contributed by atoms with E-state index < -0.39 is 24.3 Å². The van der Waals surface area contributed by atoms with Crippen LogP contribution in [0, 0.1) is 5.92 Å². The van der Waals surface area contributed by atoms with Crippen molar-refractivity contribution in [3.05, 3.63) is 84.7 Å². The molecule has 4 heterocycles. The number of nitrogens with one attached hydrogen (secondary N) is 3. The Bertz CT molecular complexity index is 2210. The second-order valence-corrected chi connectivity index (χ2v) is 14.5. The number of carbonyl (C=O) groups is 4. The van der Waals surface area contributed by atoms with Gasteiger partial charge in [-0.15, -0.1) is 0 Å². The van der Waals surface area contributed by atoms with Gasteiger partial charge in [0, 0.05) is 18.7 Å². The summed E-state index contributed by atoms with van der Waals surface area (Å²) in [7, 11) is 1.29. The number of imidazole rings is 2. The summed E-state index contributed by atoms with van der Waals surface area (Å²) in [6.07, 6.45) is 4.24. The van der Waals surface area contributed by atoms with Gasteiger partial charge in [0.05, 0.1) is 43.0 Å². The van der Waals surface area contributed by atoms with Gasteiger partial charge < -0.3 is 40.3 Å². The van der Waals surface area contributed by atoms with E-state index in [1.165, 1.54) is 14.0 Å². The predicted molar refractivity (Wildman–Crippen MR) is 206 cm³/mol. The smallest absolute Gasteiger partial charge is 0.407 e. The second kappa shape index (κ2) is 15.7. The molecule has 5 aromatic rings. The number of ether oxygens (including phenoxy) is 2. The number of carbonyl (C=O) groups excluding carboxylic acids is 4. The third-order valence-electron chi connectivity index (χ3n) is 10.6. The molecule has 55 heavy (non-hydrogen) atoms. The van der Waals surface area contributed by atoms with Crippen molar-refractivity contribution in [1.29, 1.82) is 0 Å². The van der Waals surface area contributed by atoms with Gasteiger partial charge in [-0.3, -0.25) is 9.59 Å². The van der Waals surface area contributed by atoms with E-state index in [0.717, 1.165) is 75.9 Å². The fourth-order valence-electron chi connectivity index (χ4n) is 7.71. The van der Waals surface area contributed by atoms with Crippen molar-refractivity contribution in [2.75, 3.05) is 20.2 Å². The molecule has 4 atom stereocenters. The van der Waals surface area contributed by atoms with Gasteiger partial charge in [-0.25, -0.2) is 19.6 Å². The number of likely N-dealkylation sites (tertiary alicyclic amines) is 2. The normalized spacial score (nSPS) is 18.1. The van der Waals surface area contributed by atoms with Crippen LogP contribution in [0.25, 0.3) is 44.4 Å². The number of rotatable bonds is 10. The number of H-pyrrole nitrogens is 2. The minimum atomic E-state index is -0.976. The molecule has 2 fully saturated rings. The zero-order chi connectivity index (χ0) is 38.8. The highest BCUT2D eigenvalue weighted by Gasteiger charge is 2.38. The van der Waals surface area contributed by atoms with E-state index in [4.69, 9.17) is 15.2 Å². The molecule has 14 nitrogen and oxygen atoms in total. The lowest BCUT2D eigenvalue weighted by atomic mass is 9.98. The van der Waals surface area contributed by atoms with Gasteiger partial charge in [0.2, 0.25) is 5.91 Å². The third-order valence-corrected chi connectivity index (χ3v) is 10.6. The molecule has 0 saturated carbocycles. The number of hydrogen-bond donors (Lipinski definition) is 4. The minimum Gasteiger partial charge on any atom is -0.453 e. The summed E-state index contributed by atoms with van der Waals surface area (Å²) in [5.74, 6) is 0.881. The molecule has 2 aliphatic heterocycles. The van der Waals surface area contributed by atoms with Gasteiger partial charge in [-0.2, -0.15) is 0 Å². The maximum Gasteiger partial charge on any atom is 0.407 e. The molecule has 286 valence electrons. The largest absolute Gasteiger partial charge is 0.453 e. The average molecular weight is 747 g/mol. The Kier molecular flexibility index (Phi) is 10.6. The van der Waals surface area contributed by atoms with Crippen molar-refractivity contribution in [1.82, 2.24) is 35.1 Å². The van der Waals surface area contributed by atoms with Crippen LogP contribution in [0.5, 0.6) is 0 Å². The van der Waals surface area contributed by atoms with Gasteiger partial charge in [-0.05, 0) is 78.1 Å². The molecule has 3 aromatic carbocycles. The SMILES string of the molecule is COC(=O)N[C@H](C(=O)N1CCCC1c1ncc(-c2ccc(-c3ccc4cc(-c5cnc([C@@H]6CCCN6C(=O)C(C)OC(N)=O)[nH]5)ccc4c3)cc2)[nH]1)C(C)C. The molecular weight excluding hydrogens is 701 g/mol. The average Bonchev–Trinajstić information content (AvgIpc) is 4.02. The molecule has 14 heteroatoms. The highest BCUT2D eigenvalue weighted by atomic mass is 16.6. The van der Waals surface area contributed by atoms with Crippen molar-refractivity contribution in [2.24, 2.45) is 11.7 Å². The van der Waals surface area contributed by atoms with E-state index in [2.05, 4.69) is 85.9 Å². The van der Waals surface area contributed by atoms with E-state index in [9.17, 15) is 19.2 Å². The van der Waals surface area contributed by atoms with Crippen LogP contribution in [0.1, 0.15) is 70.2 Å². The Labute approximate surface area is 318 Å². The summed E-state index contributed by atoms with van der Waals surface area (Å²) < 4.78 is 9.68. The van der Waals surface area contributed by atoms with Crippen LogP contribution in [-0.4, -0.2) is 86.1 Å². The molecule has 2 unspecified atom stereocenters. The van der Waals surface area contributed by atoms with Gasteiger partial charge >= 0.3 is 12.2 Å². The number of fused-ring (bicyclic) bond motifs is 1. The van der Waals surface area contributed by atoms with E-state index in [-0.39, 0.29) is 29.8 Å². The number of aromatic nitrogens is 4. The summed E-state index contributed by atoms with van der Waals surface area (Å²) in [4.78, 5) is 69.3. The van der Waals surface area contributed by atoms with E-state index in [0.29, 0.717) is 18.9 Å². The maximum absolute atomic E-state index is 13.5. The number of nitrogens with zero attached hydrogens (tertiary/aromatic N) is 4. The number of nitrogens with two attached hydrogens (primary N) is 1. The maximum atomic E-state index is 13.5. The van der Waals surface area contributed by atoms with Crippen molar-refractivity contribution in [2.45, 2.75) is 70.7 Å². The van der Waals surface area contributed by atoms with Crippen LogP contribution in [0.3, 0.4) is 0 Å². The third kappa shape index (κ3) is 7.75. The van der Waals surface area contributed by atoms with E-state index in [1.54, 1.807) is 17.3 Å². The molecule has 0 spiro atoms. The lowest BCUT2D eigenvalue weighted by molar-refractivity contribution is -0.140. The van der Waals surface area contributed by atoms with Crippen LogP contribution in [-0.2, 0) is 19.1 Å².